The van der Waals surface area contributed by atoms with Crippen molar-refractivity contribution in [2.75, 3.05) is 0 Å². The van der Waals surface area contributed by atoms with E-state index in [1.165, 1.54) is 0 Å². The smallest absolute Gasteiger partial charge is 0.148 e. The first-order chi connectivity index (χ1) is 8.83. The van der Waals surface area contributed by atoms with Crippen molar-refractivity contribution in [2.24, 2.45) is 0 Å². The van der Waals surface area contributed by atoms with Crippen LogP contribution in [0.4, 0.5) is 0 Å². The third kappa shape index (κ3) is 2.24. The van der Waals surface area contributed by atoms with E-state index in [-0.39, 0.29) is 0 Å². The van der Waals surface area contributed by atoms with Crippen LogP contribution in [0.5, 0.6) is 0 Å². The largest absolute Gasteiger partial charge is 0.456 e. The van der Waals surface area contributed by atoms with E-state index in [1.54, 1.807) is 0 Å². The molecule has 88 valence electrons. The summed E-state index contributed by atoms with van der Waals surface area (Å²) in [5.74, 6) is 0.862. The average Bonchev–Trinajstić information content (AvgIpc) is 2.82. The normalized spacial score (nSPS) is 11.4. The van der Waals surface area contributed by atoms with Crippen LogP contribution in [-0.4, -0.2) is 0 Å². The Morgan fingerprint density at radius 2 is 1.72 bits per heavy atom. The number of halogens is 1. The predicted octanol–water partition coefficient (Wildman–Crippen LogP) is 5.37. The number of rotatable bonds is 2. The first-order valence-corrected chi connectivity index (χ1v) is 6.53. The van der Waals surface area contributed by atoms with Crippen molar-refractivity contribution in [3.8, 4) is 0 Å². The highest BCUT2D eigenvalue weighted by molar-refractivity contribution is 9.10. The second kappa shape index (κ2) is 4.83. The van der Waals surface area contributed by atoms with E-state index in [0.717, 1.165) is 26.8 Å². The van der Waals surface area contributed by atoms with Crippen LogP contribution < -0.4 is 0 Å². The van der Waals surface area contributed by atoms with Gasteiger partial charge in [-0.1, -0.05) is 48.5 Å². The fraction of sp³-hybridized carbons (Fsp3) is 0. The highest BCUT2D eigenvalue weighted by Crippen LogP contribution is 2.27. The lowest BCUT2D eigenvalue weighted by Gasteiger charge is -1.91. The second-order valence-corrected chi connectivity index (χ2v) is 4.91. The van der Waals surface area contributed by atoms with E-state index in [1.807, 2.05) is 54.6 Å². The molecule has 0 saturated carbocycles. The van der Waals surface area contributed by atoms with Gasteiger partial charge in [0.2, 0.25) is 0 Å². The molecule has 0 saturated heterocycles. The van der Waals surface area contributed by atoms with E-state index < -0.39 is 0 Å². The molecule has 1 aromatic heterocycles. The summed E-state index contributed by atoms with van der Waals surface area (Å²) in [6, 6.07) is 18.3. The minimum absolute atomic E-state index is 0.862. The standard InChI is InChI=1S/C16H11BrO/c17-15-8-4-7-13-11-14(18-16(13)15)10-9-12-5-2-1-3-6-12/h1-11H/b10-9+. The lowest BCUT2D eigenvalue weighted by Crippen LogP contribution is -1.67. The molecule has 0 fully saturated rings. The first kappa shape index (κ1) is 11.3. The number of benzene rings is 2. The summed E-state index contributed by atoms with van der Waals surface area (Å²) >= 11 is 3.49. The molecule has 0 unspecified atom stereocenters. The van der Waals surface area contributed by atoms with Crippen molar-refractivity contribution >= 4 is 39.1 Å². The Kier molecular flexibility index (Phi) is 3.03. The van der Waals surface area contributed by atoms with E-state index in [4.69, 9.17) is 4.42 Å². The van der Waals surface area contributed by atoms with Gasteiger partial charge in [-0.3, -0.25) is 0 Å². The Morgan fingerprint density at radius 3 is 2.50 bits per heavy atom. The maximum absolute atomic E-state index is 5.79. The monoisotopic (exact) mass is 298 g/mol. The molecule has 0 atom stereocenters. The Morgan fingerprint density at radius 1 is 0.889 bits per heavy atom. The molecular weight excluding hydrogens is 288 g/mol. The molecule has 0 aliphatic rings. The van der Waals surface area contributed by atoms with E-state index in [9.17, 15) is 0 Å². The Hall–Kier alpha value is -1.80. The molecule has 2 heteroatoms. The van der Waals surface area contributed by atoms with Gasteiger partial charge in [-0.15, -0.1) is 0 Å². The van der Waals surface area contributed by atoms with Gasteiger partial charge in [0, 0.05) is 5.39 Å². The maximum atomic E-state index is 5.79. The van der Waals surface area contributed by atoms with E-state index >= 15 is 0 Å². The number of hydrogen-bond donors (Lipinski definition) is 0. The fourth-order valence-electron chi connectivity index (χ4n) is 1.87. The second-order valence-electron chi connectivity index (χ2n) is 4.05. The van der Waals surface area contributed by atoms with Crippen LogP contribution in [0.15, 0.2) is 63.5 Å². The molecule has 3 aromatic rings. The molecule has 0 spiro atoms. The van der Waals surface area contributed by atoms with Crippen molar-refractivity contribution < 1.29 is 4.42 Å². The molecule has 0 radical (unpaired) electrons. The van der Waals surface area contributed by atoms with Gasteiger partial charge in [-0.2, -0.15) is 0 Å². The molecule has 3 rings (SSSR count). The van der Waals surface area contributed by atoms with Crippen LogP contribution in [0.2, 0.25) is 0 Å². The Bertz CT molecular complexity index is 695. The Balaban J connectivity index is 1.96. The summed E-state index contributed by atoms with van der Waals surface area (Å²) in [4.78, 5) is 0. The zero-order chi connectivity index (χ0) is 12.4. The van der Waals surface area contributed by atoms with Gasteiger partial charge in [-0.05, 0) is 39.7 Å². The van der Waals surface area contributed by atoms with Crippen molar-refractivity contribution in [3.63, 3.8) is 0 Å². The lowest BCUT2D eigenvalue weighted by molar-refractivity contribution is 0.603. The molecule has 0 aliphatic carbocycles. The van der Waals surface area contributed by atoms with Crippen molar-refractivity contribution in [3.05, 3.63) is 70.4 Å². The number of furan rings is 1. The van der Waals surface area contributed by atoms with Crippen molar-refractivity contribution in [2.45, 2.75) is 0 Å². The summed E-state index contributed by atoms with van der Waals surface area (Å²) < 4.78 is 6.77. The molecule has 18 heavy (non-hydrogen) atoms. The minimum Gasteiger partial charge on any atom is -0.456 e. The van der Waals surface area contributed by atoms with Crippen molar-refractivity contribution in [1.29, 1.82) is 0 Å². The maximum Gasteiger partial charge on any atom is 0.148 e. The van der Waals surface area contributed by atoms with Crippen LogP contribution in [-0.2, 0) is 0 Å². The summed E-state index contributed by atoms with van der Waals surface area (Å²) in [6.45, 7) is 0. The molecule has 0 amide bonds. The molecule has 1 heterocycles. The van der Waals surface area contributed by atoms with Gasteiger partial charge < -0.3 is 4.42 Å². The van der Waals surface area contributed by atoms with Crippen LogP contribution in [0.1, 0.15) is 11.3 Å². The van der Waals surface area contributed by atoms with Crippen LogP contribution >= 0.6 is 15.9 Å². The van der Waals surface area contributed by atoms with Gasteiger partial charge >= 0.3 is 0 Å². The Labute approximate surface area is 114 Å². The summed E-state index contributed by atoms with van der Waals surface area (Å²) in [5, 5.41) is 1.11. The zero-order valence-corrected chi connectivity index (χ0v) is 11.2. The topological polar surface area (TPSA) is 13.1 Å². The van der Waals surface area contributed by atoms with Crippen LogP contribution in [0, 0.1) is 0 Å². The summed E-state index contributed by atoms with van der Waals surface area (Å²) in [7, 11) is 0. The van der Waals surface area contributed by atoms with Gasteiger partial charge in [0.25, 0.3) is 0 Å². The fourth-order valence-corrected chi connectivity index (χ4v) is 2.33. The van der Waals surface area contributed by atoms with Crippen LogP contribution in [0.25, 0.3) is 23.1 Å². The molecule has 1 nitrogen and oxygen atoms in total. The van der Waals surface area contributed by atoms with Gasteiger partial charge in [0.15, 0.2) is 0 Å². The van der Waals surface area contributed by atoms with E-state index in [2.05, 4.69) is 28.1 Å². The predicted molar refractivity (Wildman–Crippen MR) is 79.3 cm³/mol. The van der Waals surface area contributed by atoms with E-state index in [0.29, 0.717) is 0 Å². The average molecular weight is 299 g/mol. The number of fused-ring (bicyclic) bond motifs is 1. The highest BCUT2D eigenvalue weighted by Gasteiger charge is 2.03. The third-order valence-electron chi connectivity index (χ3n) is 2.75. The summed E-state index contributed by atoms with van der Waals surface area (Å²) in [6.07, 6.45) is 4.04. The number of hydrogen-bond acceptors (Lipinski definition) is 1. The summed E-state index contributed by atoms with van der Waals surface area (Å²) in [5.41, 5.74) is 2.06. The molecule has 2 aromatic carbocycles. The molecule has 0 bridgehead atoms. The van der Waals surface area contributed by atoms with Gasteiger partial charge in [0.1, 0.15) is 11.3 Å². The SMILES string of the molecule is Brc1cccc2cc(/C=C/c3ccccc3)oc12. The van der Waals surface area contributed by atoms with Gasteiger partial charge in [0.05, 0.1) is 4.47 Å². The quantitative estimate of drug-likeness (QED) is 0.620. The minimum atomic E-state index is 0.862. The number of para-hydroxylation sites is 1. The highest BCUT2D eigenvalue weighted by atomic mass is 79.9. The van der Waals surface area contributed by atoms with Crippen LogP contribution in [0.3, 0.4) is 0 Å². The molecule has 0 N–H and O–H groups in total. The molecule has 0 aliphatic heterocycles. The lowest BCUT2D eigenvalue weighted by atomic mass is 10.2. The van der Waals surface area contributed by atoms with Crippen molar-refractivity contribution in [1.82, 2.24) is 0 Å². The first-order valence-electron chi connectivity index (χ1n) is 5.74. The third-order valence-corrected chi connectivity index (χ3v) is 3.38. The van der Waals surface area contributed by atoms with Gasteiger partial charge in [-0.25, -0.2) is 0 Å². The molecular formula is C16H11BrO. The zero-order valence-electron chi connectivity index (χ0n) is 9.64.